The van der Waals surface area contributed by atoms with Gasteiger partial charge in [-0.2, -0.15) is 0 Å². The third kappa shape index (κ3) is 6.43. The number of fused-ring (bicyclic) bond motifs is 4. The predicted molar refractivity (Wildman–Crippen MR) is 243 cm³/mol. The van der Waals surface area contributed by atoms with E-state index in [1.54, 1.807) is 0 Å². The van der Waals surface area contributed by atoms with Crippen molar-refractivity contribution in [1.29, 1.82) is 0 Å². The summed E-state index contributed by atoms with van der Waals surface area (Å²) >= 11 is 0. The zero-order valence-electron chi connectivity index (χ0n) is 32.0. The minimum Gasteiger partial charge on any atom is -0.456 e. The van der Waals surface area contributed by atoms with Crippen molar-refractivity contribution in [2.75, 3.05) is 0 Å². The summed E-state index contributed by atoms with van der Waals surface area (Å²) in [6.07, 6.45) is 0. The lowest BCUT2D eigenvalue weighted by molar-refractivity contribution is 0.669. The summed E-state index contributed by atoms with van der Waals surface area (Å²) in [5, 5.41) is 4.31. The zero-order valence-corrected chi connectivity index (χ0v) is 32.0. The quantitative estimate of drug-likeness (QED) is 0.163. The molecule has 59 heavy (non-hydrogen) atoms. The predicted octanol–water partition coefficient (Wildman–Crippen LogP) is 14.6. The molecule has 11 rings (SSSR count). The first-order valence-electron chi connectivity index (χ1n) is 19.8. The van der Waals surface area contributed by atoms with Crippen LogP contribution in [0.3, 0.4) is 0 Å². The average Bonchev–Trinajstić information content (AvgIpc) is 3.70. The molecule has 276 valence electrons. The summed E-state index contributed by atoms with van der Waals surface area (Å²) in [5.74, 6) is 1.77. The summed E-state index contributed by atoms with van der Waals surface area (Å²) < 4.78 is 6.50. The van der Waals surface area contributed by atoms with Gasteiger partial charge in [-0.1, -0.05) is 182 Å². The zero-order chi connectivity index (χ0) is 39.1. The molecule has 2 heterocycles. The van der Waals surface area contributed by atoms with Crippen molar-refractivity contribution in [3.8, 4) is 78.7 Å². The Labute approximate surface area is 341 Å². The Balaban J connectivity index is 1.12. The molecule has 0 saturated heterocycles. The van der Waals surface area contributed by atoms with E-state index in [0.717, 1.165) is 77.4 Å². The molecule has 0 unspecified atom stereocenters. The van der Waals surface area contributed by atoms with Crippen LogP contribution in [0.5, 0.6) is 0 Å². The highest BCUT2D eigenvalue weighted by Crippen LogP contribution is 2.43. The summed E-state index contributed by atoms with van der Waals surface area (Å²) in [6, 6.07) is 74.1. The average molecular weight is 754 g/mol. The summed E-state index contributed by atoms with van der Waals surface area (Å²) in [4.78, 5) is 15.8. The molecule has 0 N–H and O–H groups in total. The second-order valence-electron chi connectivity index (χ2n) is 14.8. The highest BCUT2D eigenvalue weighted by atomic mass is 16.3. The maximum absolute atomic E-state index is 6.50. The van der Waals surface area contributed by atoms with Crippen molar-refractivity contribution in [3.05, 3.63) is 212 Å². The van der Waals surface area contributed by atoms with E-state index >= 15 is 0 Å². The molecule has 0 saturated carbocycles. The van der Waals surface area contributed by atoms with Crippen LogP contribution >= 0.6 is 0 Å². The van der Waals surface area contributed by atoms with Crippen LogP contribution in [0.25, 0.3) is 111 Å². The monoisotopic (exact) mass is 753 g/mol. The van der Waals surface area contributed by atoms with Crippen molar-refractivity contribution in [2.24, 2.45) is 0 Å². The van der Waals surface area contributed by atoms with Gasteiger partial charge < -0.3 is 4.42 Å². The van der Waals surface area contributed by atoms with Crippen LogP contribution in [0.2, 0.25) is 0 Å². The highest BCUT2D eigenvalue weighted by Gasteiger charge is 2.22. The van der Waals surface area contributed by atoms with Gasteiger partial charge in [0.25, 0.3) is 0 Å². The summed E-state index contributed by atoms with van der Waals surface area (Å²) in [5.41, 5.74) is 13.3. The molecule has 9 aromatic carbocycles. The van der Waals surface area contributed by atoms with Gasteiger partial charge >= 0.3 is 0 Å². The lowest BCUT2D eigenvalue weighted by Gasteiger charge is -2.14. The van der Waals surface area contributed by atoms with Crippen molar-refractivity contribution >= 4 is 32.7 Å². The molecule has 2 aromatic heterocycles. The molecule has 0 radical (unpaired) electrons. The standard InChI is InChI=1S/C55H35N3O/c1-4-12-36(13-5-1)39-20-24-41(25-21-39)53-56-54(42-26-22-40(23-27-42)37-14-6-2-7-15-37)58-55(57-53)52-47(32-33-50-51(52)48-18-10-11-19-49(48)59-50)46-31-30-44-34-43(28-29-45(44)35-46)38-16-8-3-9-17-38/h1-35H. The van der Waals surface area contributed by atoms with Crippen molar-refractivity contribution in [2.45, 2.75) is 0 Å². The van der Waals surface area contributed by atoms with Crippen molar-refractivity contribution in [1.82, 2.24) is 15.0 Å². The highest BCUT2D eigenvalue weighted by molar-refractivity contribution is 6.15. The first kappa shape index (κ1) is 34.3. The molecule has 0 aliphatic rings. The lowest BCUT2D eigenvalue weighted by atomic mass is 9.92. The molecule has 11 aromatic rings. The minimum atomic E-state index is 0.580. The van der Waals surface area contributed by atoms with Crippen LogP contribution in [0, 0.1) is 0 Å². The molecule has 0 amide bonds. The van der Waals surface area contributed by atoms with E-state index in [9.17, 15) is 0 Å². The van der Waals surface area contributed by atoms with Crippen molar-refractivity contribution < 1.29 is 4.42 Å². The smallest absolute Gasteiger partial charge is 0.165 e. The Hall–Kier alpha value is -7.95. The van der Waals surface area contributed by atoms with Crippen LogP contribution in [0.1, 0.15) is 0 Å². The lowest BCUT2D eigenvalue weighted by Crippen LogP contribution is -2.01. The first-order chi connectivity index (χ1) is 29.2. The Bertz CT molecular complexity index is 3180. The van der Waals surface area contributed by atoms with Crippen LogP contribution in [-0.2, 0) is 0 Å². The first-order valence-corrected chi connectivity index (χ1v) is 19.8. The third-order valence-corrected chi connectivity index (χ3v) is 11.2. The normalized spacial score (nSPS) is 11.4. The van der Waals surface area contributed by atoms with E-state index in [2.05, 4.69) is 188 Å². The maximum Gasteiger partial charge on any atom is 0.165 e. The Morgan fingerprint density at radius 1 is 0.288 bits per heavy atom. The number of aromatic nitrogens is 3. The second kappa shape index (κ2) is 14.5. The van der Waals surface area contributed by atoms with Gasteiger partial charge in [0.2, 0.25) is 0 Å². The van der Waals surface area contributed by atoms with Crippen LogP contribution in [0.15, 0.2) is 217 Å². The molecule has 0 aliphatic carbocycles. The second-order valence-corrected chi connectivity index (χ2v) is 14.8. The van der Waals surface area contributed by atoms with Gasteiger partial charge in [-0.3, -0.25) is 0 Å². The molecule has 4 heteroatoms. The number of nitrogens with zero attached hydrogens (tertiary/aromatic N) is 3. The summed E-state index contributed by atoms with van der Waals surface area (Å²) in [6.45, 7) is 0. The number of furan rings is 1. The van der Waals surface area contributed by atoms with Gasteiger partial charge in [-0.25, -0.2) is 15.0 Å². The van der Waals surface area contributed by atoms with E-state index in [-0.39, 0.29) is 0 Å². The molecular formula is C55H35N3O. The Morgan fingerprint density at radius 2 is 0.712 bits per heavy atom. The molecule has 0 bridgehead atoms. The van der Waals surface area contributed by atoms with Crippen LogP contribution < -0.4 is 0 Å². The number of hydrogen-bond donors (Lipinski definition) is 0. The van der Waals surface area contributed by atoms with Gasteiger partial charge in [0, 0.05) is 27.5 Å². The van der Waals surface area contributed by atoms with E-state index < -0.39 is 0 Å². The minimum absolute atomic E-state index is 0.580. The third-order valence-electron chi connectivity index (χ3n) is 11.2. The fraction of sp³-hybridized carbons (Fsp3) is 0. The van der Waals surface area contributed by atoms with Gasteiger partial charge in [0.05, 0.1) is 0 Å². The fourth-order valence-electron chi connectivity index (χ4n) is 8.14. The van der Waals surface area contributed by atoms with E-state index in [1.807, 2.05) is 24.3 Å². The number of benzene rings is 9. The van der Waals surface area contributed by atoms with E-state index in [4.69, 9.17) is 19.4 Å². The fourth-order valence-corrected chi connectivity index (χ4v) is 8.14. The van der Waals surface area contributed by atoms with Gasteiger partial charge in [0.15, 0.2) is 17.5 Å². The van der Waals surface area contributed by atoms with Crippen LogP contribution in [0.4, 0.5) is 0 Å². The SMILES string of the molecule is c1ccc(-c2ccc(-c3nc(-c4ccc(-c5ccccc5)cc4)nc(-c4c(-c5ccc6cc(-c7ccccc7)ccc6c5)ccc5oc6ccccc6c45)n3)cc2)cc1. The molecule has 0 spiro atoms. The topological polar surface area (TPSA) is 51.8 Å². The van der Waals surface area contributed by atoms with Gasteiger partial charge in [0.1, 0.15) is 11.2 Å². The van der Waals surface area contributed by atoms with Gasteiger partial charge in [-0.05, 0) is 85.6 Å². The summed E-state index contributed by atoms with van der Waals surface area (Å²) in [7, 11) is 0. The van der Waals surface area contributed by atoms with Crippen LogP contribution in [-0.4, -0.2) is 15.0 Å². The number of rotatable bonds is 7. The van der Waals surface area contributed by atoms with Crippen molar-refractivity contribution in [3.63, 3.8) is 0 Å². The molecule has 0 fully saturated rings. The Kier molecular flexibility index (Phi) is 8.45. The molecule has 0 aliphatic heterocycles. The molecule has 0 atom stereocenters. The maximum atomic E-state index is 6.50. The number of para-hydroxylation sites is 1. The molecule has 4 nitrogen and oxygen atoms in total. The molecular weight excluding hydrogens is 719 g/mol. The van der Waals surface area contributed by atoms with E-state index in [0.29, 0.717) is 17.5 Å². The number of hydrogen-bond acceptors (Lipinski definition) is 4. The largest absolute Gasteiger partial charge is 0.456 e. The van der Waals surface area contributed by atoms with E-state index in [1.165, 1.54) is 16.5 Å². The Morgan fingerprint density at radius 3 is 1.29 bits per heavy atom. The van der Waals surface area contributed by atoms with Gasteiger partial charge in [-0.15, -0.1) is 0 Å².